The molecule has 27 heavy (non-hydrogen) atoms. The summed E-state index contributed by atoms with van der Waals surface area (Å²) in [5.41, 5.74) is 1.71. The molecule has 0 fully saturated rings. The first-order valence-corrected chi connectivity index (χ1v) is 9.55. The number of rotatable bonds is 4. The van der Waals surface area contributed by atoms with Gasteiger partial charge in [0.2, 0.25) is 0 Å². The van der Waals surface area contributed by atoms with Crippen LogP contribution in [0.4, 0.5) is 10.2 Å². The molecule has 2 heterocycles. The first-order valence-electron chi connectivity index (χ1n) is 8.76. The van der Waals surface area contributed by atoms with Gasteiger partial charge in [0.15, 0.2) is 11.5 Å². The molecular formula is C19H18BrFN4O2. The number of halogens is 2. The number of aromatic nitrogens is 3. The van der Waals surface area contributed by atoms with Gasteiger partial charge in [-0.15, -0.1) is 0 Å². The Labute approximate surface area is 163 Å². The van der Waals surface area contributed by atoms with E-state index < -0.39 is 0 Å². The Balaban J connectivity index is 1.52. The van der Waals surface area contributed by atoms with Crippen molar-refractivity contribution in [3.05, 3.63) is 63.3 Å². The number of anilines is 1. The predicted octanol–water partition coefficient (Wildman–Crippen LogP) is 4.20. The fraction of sp³-hybridized carbons (Fsp3) is 0.316. The number of nitrogens with one attached hydrogen (secondary N) is 1. The van der Waals surface area contributed by atoms with E-state index in [1.54, 1.807) is 29.1 Å². The summed E-state index contributed by atoms with van der Waals surface area (Å²) in [5, 5.41) is 11.1. The molecule has 1 aliphatic carbocycles. The van der Waals surface area contributed by atoms with Gasteiger partial charge in [-0.05, 0) is 40.8 Å². The van der Waals surface area contributed by atoms with Crippen molar-refractivity contribution in [2.75, 3.05) is 5.32 Å². The summed E-state index contributed by atoms with van der Waals surface area (Å²) in [6, 6.07) is 6.52. The minimum atomic E-state index is -0.356. The molecule has 0 saturated carbocycles. The average molecular weight is 433 g/mol. The Morgan fingerprint density at radius 3 is 3.07 bits per heavy atom. The largest absolute Gasteiger partial charge is 0.360 e. The van der Waals surface area contributed by atoms with Gasteiger partial charge < -0.3 is 9.84 Å². The van der Waals surface area contributed by atoms with Crippen molar-refractivity contribution in [3.63, 3.8) is 0 Å². The van der Waals surface area contributed by atoms with Crippen molar-refractivity contribution in [2.24, 2.45) is 5.92 Å². The lowest BCUT2D eigenvalue weighted by Gasteiger charge is -2.16. The van der Waals surface area contributed by atoms with Gasteiger partial charge in [0, 0.05) is 23.7 Å². The van der Waals surface area contributed by atoms with E-state index in [0.717, 1.165) is 30.6 Å². The van der Waals surface area contributed by atoms with Crippen LogP contribution in [0, 0.1) is 11.7 Å². The summed E-state index contributed by atoms with van der Waals surface area (Å²) in [5.74, 6) is 0.999. The minimum Gasteiger partial charge on any atom is -0.360 e. The van der Waals surface area contributed by atoms with E-state index in [-0.39, 0.29) is 18.3 Å². The molecular weight excluding hydrogens is 415 g/mol. The molecule has 0 radical (unpaired) electrons. The molecule has 140 valence electrons. The molecule has 0 bridgehead atoms. The van der Waals surface area contributed by atoms with E-state index in [2.05, 4.69) is 38.4 Å². The van der Waals surface area contributed by atoms with Crippen LogP contribution in [0.15, 0.2) is 39.5 Å². The summed E-state index contributed by atoms with van der Waals surface area (Å²) in [4.78, 5) is 12.7. The summed E-state index contributed by atoms with van der Waals surface area (Å²) in [6.07, 6.45) is 4.32. The standard InChI is InChI=1S/C19H18BrFN4O2/c1-11-6-7-16-13(8-11)17(24-27-16)19(26)22-18-14(20)10-25(23-18)9-12-4-2-3-5-15(12)21/h2-5,10-11H,6-9H2,1H3,(H,22,23,26). The topological polar surface area (TPSA) is 73.0 Å². The fourth-order valence-electron chi connectivity index (χ4n) is 3.29. The molecule has 6 nitrogen and oxygen atoms in total. The van der Waals surface area contributed by atoms with E-state index in [0.29, 0.717) is 27.5 Å². The molecule has 8 heteroatoms. The Hall–Kier alpha value is -2.48. The molecule has 3 aromatic rings. The average Bonchev–Trinajstić information content (AvgIpc) is 3.20. The third-order valence-corrected chi connectivity index (χ3v) is 5.32. The number of hydrogen-bond acceptors (Lipinski definition) is 4. The Morgan fingerprint density at radius 1 is 1.44 bits per heavy atom. The number of carbonyl (C=O) groups excluding carboxylic acids is 1. The highest BCUT2D eigenvalue weighted by atomic mass is 79.9. The van der Waals surface area contributed by atoms with Crippen molar-refractivity contribution in [1.82, 2.24) is 14.9 Å². The van der Waals surface area contributed by atoms with Gasteiger partial charge in [0.05, 0.1) is 11.0 Å². The highest BCUT2D eigenvalue weighted by Crippen LogP contribution is 2.29. The van der Waals surface area contributed by atoms with Crippen LogP contribution < -0.4 is 5.32 Å². The van der Waals surface area contributed by atoms with Crippen LogP contribution in [0.2, 0.25) is 0 Å². The number of benzene rings is 1. The van der Waals surface area contributed by atoms with Crippen molar-refractivity contribution >= 4 is 27.7 Å². The lowest BCUT2D eigenvalue weighted by molar-refractivity contribution is 0.101. The maximum Gasteiger partial charge on any atom is 0.279 e. The van der Waals surface area contributed by atoms with E-state index in [4.69, 9.17) is 4.52 Å². The number of fused-ring (bicyclic) bond motifs is 1. The zero-order valence-corrected chi connectivity index (χ0v) is 16.3. The summed E-state index contributed by atoms with van der Waals surface area (Å²) in [6.45, 7) is 2.41. The first kappa shape index (κ1) is 17.9. The summed E-state index contributed by atoms with van der Waals surface area (Å²) < 4.78 is 21.3. The van der Waals surface area contributed by atoms with E-state index in [1.165, 1.54) is 6.07 Å². The molecule has 0 spiro atoms. The van der Waals surface area contributed by atoms with Gasteiger partial charge in [0.1, 0.15) is 11.6 Å². The number of hydrogen-bond donors (Lipinski definition) is 1. The Bertz CT molecular complexity index is 998. The number of amides is 1. The number of carbonyl (C=O) groups is 1. The smallest absolute Gasteiger partial charge is 0.279 e. The number of aryl methyl sites for hydroxylation is 1. The minimum absolute atomic E-state index is 0.262. The van der Waals surface area contributed by atoms with Crippen LogP contribution in [0.3, 0.4) is 0 Å². The zero-order chi connectivity index (χ0) is 19.0. The van der Waals surface area contributed by atoms with Crippen LogP contribution in [-0.4, -0.2) is 20.8 Å². The molecule has 1 aromatic carbocycles. The molecule has 4 rings (SSSR count). The van der Waals surface area contributed by atoms with E-state index in [1.807, 2.05) is 0 Å². The molecule has 2 aromatic heterocycles. The summed E-state index contributed by atoms with van der Waals surface area (Å²) in [7, 11) is 0. The van der Waals surface area contributed by atoms with Gasteiger partial charge >= 0.3 is 0 Å². The van der Waals surface area contributed by atoms with Crippen molar-refractivity contribution < 1.29 is 13.7 Å². The maximum atomic E-state index is 13.8. The van der Waals surface area contributed by atoms with Crippen molar-refractivity contribution in [3.8, 4) is 0 Å². The maximum absolute atomic E-state index is 13.8. The second-order valence-corrected chi connectivity index (χ2v) is 7.70. The van der Waals surface area contributed by atoms with Gasteiger partial charge in [-0.1, -0.05) is 30.3 Å². The lowest BCUT2D eigenvalue weighted by atomic mass is 9.88. The van der Waals surface area contributed by atoms with Crippen LogP contribution in [0.1, 0.15) is 40.7 Å². The van der Waals surface area contributed by atoms with Gasteiger partial charge in [0.25, 0.3) is 5.91 Å². The highest BCUT2D eigenvalue weighted by molar-refractivity contribution is 9.10. The van der Waals surface area contributed by atoms with Crippen LogP contribution in [-0.2, 0) is 19.4 Å². The summed E-state index contributed by atoms with van der Waals surface area (Å²) >= 11 is 3.39. The molecule has 1 unspecified atom stereocenters. The van der Waals surface area contributed by atoms with E-state index >= 15 is 0 Å². The lowest BCUT2D eigenvalue weighted by Crippen LogP contribution is -2.18. The zero-order valence-electron chi connectivity index (χ0n) is 14.7. The third kappa shape index (κ3) is 3.66. The SMILES string of the molecule is CC1CCc2onc(C(=O)Nc3nn(Cc4ccccc4F)cc3Br)c2C1. The predicted molar refractivity (Wildman–Crippen MR) is 101 cm³/mol. The highest BCUT2D eigenvalue weighted by Gasteiger charge is 2.27. The molecule has 1 aliphatic rings. The van der Waals surface area contributed by atoms with Crippen molar-refractivity contribution in [2.45, 2.75) is 32.7 Å². The Morgan fingerprint density at radius 2 is 2.26 bits per heavy atom. The molecule has 0 aliphatic heterocycles. The molecule has 1 amide bonds. The van der Waals surface area contributed by atoms with Crippen LogP contribution in [0.25, 0.3) is 0 Å². The monoisotopic (exact) mass is 432 g/mol. The fourth-order valence-corrected chi connectivity index (χ4v) is 3.70. The molecule has 0 saturated heterocycles. The van der Waals surface area contributed by atoms with Gasteiger partial charge in [-0.3, -0.25) is 9.48 Å². The Kier molecular flexibility index (Phi) is 4.82. The van der Waals surface area contributed by atoms with Crippen molar-refractivity contribution in [1.29, 1.82) is 0 Å². The quantitative estimate of drug-likeness (QED) is 0.670. The second-order valence-electron chi connectivity index (χ2n) is 6.85. The van der Waals surface area contributed by atoms with Gasteiger partial charge in [-0.2, -0.15) is 5.10 Å². The van der Waals surface area contributed by atoms with Gasteiger partial charge in [-0.25, -0.2) is 4.39 Å². The number of nitrogens with zero attached hydrogens (tertiary/aromatic N) is 3. The third-order valence-electron chi connectivity index (χ3n) is 4.74. The first-order chi connectivity index (χ1) is 13.0. The van der Waals surface area contributed by atoms with E-state index in [9.17, 15) is 9.18 Å². The molecule has 1 N–H and O–H groups in total. The van der Waals surface area contributed by atoms with Crippen LogP contribution in [0.5, 0.6) is 0 Å². The normalized spacial score (nSPS) is 16.2. The second kappa shape index (κ2) is 7.26. The van der Waals surface area contributed by atoms with Crippen LogP contribution >= 0.6 is 15.9 Å². The molecule has 1 atom stereocenters.